The van der Waals surface area contributed by atoms with Gasteiger partial charge >= 0.3 is 0 Å². The number of hydrogen-bond donors (Lipinski definition) is 4. The Morgan fingerprint density at radius 2 is 1.90 bits per heavy atom. The third-order valence-electron chi connectivity index (χ3n) is 6.91. The molecular formula is C29H32FN7O3S. The van der Waals surface area contributed by atoms with E-state index >= 15 is 0 Å². The molecule has 4 N–H and O–H groups in total. The van der Waals surface area contributed by atoms with Gasteiger partial charge in [-0.15, -0.1) is 0 Å². The number of carbonyl (C=O) groups is 1. The van der Waals surface area contributed by atoms with Crippen molar-refractivity contribution in [1.29, 1.82) is 0 Å². The number of piperidine rings is 1. The SMILES string of the molecule is CCC(=O)Nc1ccc(Sc2nc(Nc3cc(C)n[nH]3)cc(N3CCC(O)(c4cc(F)ccc4OC)CC3)n2)cc1. The van der Waals surface area contributed by atoms with Gasteiger partial charge in [-0.2, -0.15) is 5.10 Å². The Kier molecular flexibility index (Phi) is 8.41. The molecule has 2 aromatic heterocycles. The Morgan fingerprint density at radius 1 is 1.15 bits per heavy atom. The Labute approximate surface area is 241 Å². The molecule has 10 nitrogen and oxygen atoms in total. The molecule has 1 aliphatic rings. The minimum Gasteiger partial charge on any atom is -0.496 e. The molecule has 0 spiro atoms. The maximum Gasteiger partial charge on any atom is 0.224 e. The van der Waals surface area contributed by atoms with Crippen LogP contribution in [-0.4, -0.2) is 51.4 Å². The number of H-pyrrole nitrogens is 1. The summed E-state index contributed by atoms with van der Waals surface area (Å²) in [4.78, 5) is 24.2. The van der Waals surface area contributed by atoms with Crippen molar-refractivity contribution in [2.75, 3.05) is 35.7 Å². The summed E-state index contributed by atoms with van der Waals surface area (Å²) in [5.41, 5.74) is 0.797. The summed E-state index contributed by atoms with van der Waals surface area (Å²) >= 11 is 1.40. The highest BCUT2D eigenvalue weighted by molar-refractivity contribution is 7.99. The molecule has 2 aromatic carbocycles. The molecule has 5 rings (SSSR count). The van der Waals surface area contributed by atoms with Gasteiger partial charge in [0.1, 0.15) is 29.0 Å². The first-order valence-corrected chi connectivity index (χ1v) is 14.1. The zero-order valence-electron chi connectivity index (χ0n) is 23.1. The molecule has 4 aromatic rings. The van der Waals surface area contributed by atoms with E-state index in [2.05, 4.69) is 25.7 Å². The molecule has 0 bridgehead atoms. The van der Waals surface area contributed by atoms with Crippen molar-refractivity contribution in [3.05, 3.63) is 71.7 Å². The van der Waals surface area contributed by atoms with Gasteiger partial charge in [-0.3, -0.25) is 9.89 Å². The number of aryl methyl sites for hydroxylation is 1. The van der Waals surface area contributed by atoms with Gasteiger partial charge in [0.2, 0.25) is 5.91 Å². The second-order valence-electron chi connectivity index (χ2n) is 9.83. The van der Waals surface area contributed by atoms with Gasteiger partial charge in [-0.1, -0.05) is 6.92 Å². The predicted molar refractivity (Wildman–Crippen MR) is 156 cm³/mol. The first-order valence-electron chi connectivity index (χ1n) is 13.3. The first-order chi connectivity index (χ1) is 19.7. The molecule has 0 unspecified atom stereocenters. The van der Waals surface area contributed by atoms with Gasteiger partial charge in [-0.25, -0.2) is 14.4 Å². The topological polar surface area (TPSA) is 128 Å². The summed E-state index contributed by atoms with van der Waals surface area (Å²) in [5, 5.41) is 25.2. The van der Waals surface area contributed by atoms with Gasteiger partial charge in [0.15, 0.2) is 5.16 Å². The molecular weight excluding hydrogens is 545 g/mol. The number of rotatable bonds is 9. The molecule has 0 atom stereocenters. The number of nitrogens with zero attached hydrogens (tertiary/aromatic N) is 4. The van der Waals surface area contributed by atoms with Gasteiger partial charge in [0, 0.05) is 47.8 Å². The zero-order chi connectivity index (χ0) is 29.0. The van der Waals surface area contributed by atoms with Crippen LogP contribution in [0.3, 0.4) is 0 Å². The van der Waals surface area contributed by atoms with Crippen LogP contribution in [0.5, 0.6) is 5.75 Å². The zero-order valence-corrected chi connectivity index (χ0v) is 23.9. The fourth-order valence-electron chi connectivity index (χ4n) is 4.69. The van der Waals surface area contributed by atoms with Crippen molar-refractivity contribution in [2.24, 2.45) is 0 Å². The van der Waals surface area contributed by atoms with E-state index in [1.165, 1.54) is 31.0 Å². The highest BCUT2D eigenvalue weighted by Gasteiger charge is 2.37. The molecule has 0 saturated carbocycles. The average molecular weight is 578 g/mol. The van der Waals surface area contributed by atoms with Crippen molar-refractivity contribution in [2.45, 2.75) is 48.8 Å². The van der Waals surface area contributed by atoms with Crippen LogP contribution in [0.15, 0.2) is 64.6 Å². The first kappa shape index (κ1) is 28.4. The number of amides is 1. The number of aromatic amines is 1. The number of anilines is 4. The Hall–Kier alpha value is -4.16. The molecule has 1 saturated heterocycles. The monoisotopic (exact) mass is 577 g/mol. The summed E-state index contributed by atoms with van der Waals surface area (Å²) in [7, 11) is 1.51. The standard InChI is InChI=1S/C29H32FN7O3S/c1-4-27(38)31-20-6-8-21(9-7-20)41-28-33-24(32-25-15-18(2)35-36-25)17-26(34-28)37-13-11-29(39,12-14-37)22-16-19(30)5-10-23(22)40-3/h5-10,15-17,39H,4,11-14H2,1-3H3,(H,31,38)(H2,32,33,34,35,36). The van der Waals surface area contributed by atoms with Crippen LogP contribution in [-0.2, 0) is 10.4 Å². The number of benzene rings is 2. The van der Waals surface area contributed by atoms with Gasteiger partial charge in [0.25, 0.3) is 0 Å². The largest absolute Gasteiger partial charge is 0.496 e. The Morgan fingerprint density at radius 3 is 2.56 bits per heavy atom. The molecule has 41 heavy (non-hydrogen) atoms. The van der Waals surface area contributed by atoms with Crippen LogP contribution in [0.1, 0.15) is 37.4 Å². The van der Waals surface area contributed by atoms with E-state index in [1.807, 2.05) is 43.3 Å². The van der Waals surface area contributed by atoms with Crippen LogP contribution in [0, 0.1) is 12.7 Å². The molecule has 1 amide bonds. The molecule has 0 aliphatic carbocycles. The van der Waals surface area contributed by atoms with E-state index in [-0.39, 0.29) is 5.91 Å². The quantitative estimate of drug-likeness (QED) is 0.194. The van der Waals surface area contributed by atoms with Crippen LogP contribution in [0.25, 0.3) is 0 Å². The molecule has 1 fully saturated rings. The summed E-state index contributed by atoms with van der Waals surface area (Å²) in [6.45, 7) is 4.68. The second-order valence-corrected chi connectivity index (χ2v) is 10.9. The van der Waals surface area contributed by atoms with Gasteiger partial charge in [-0.05, 0) is 74.0 Å². The molecule has 214 valence electrons. The lowest BCUT2D eigenvalue weighted by atomic mass is 9.83. The highest BCUT2D eigenvalue weighted by Crippen LogP contribution is 2.40. The number of nitrogens with one attached hydrogen (secondary N) is 3. The molecule has 12 heteroatoms. The number of ether oxygens (including phenoxy) is 1. The van der Waals surface area contributed by atoms with E-state index < -0.39 is 11.4 Å². The molecule has 0 radical (unpaired) electrons. The lowest BCUT2D eigenvalue weighted by Gasteiger charge is -2.39. The van der Waals surface area contributed by atoms with Crippen molar-refractivity contribution in [3.8, 4) is 5.75 Å². The van der Waals surface area contributed by atoms with Crippen LogP contribution >= 0.6 is 11.8 Å². The predicted octanol–water partition coefficient (Wildman–Crippen LogP) is 5.39. The van der Waals surface area contributed by atoms with Crippen LogP contribution < -0.4 is 20.3 Å². The number of aromatic nitrogens is 4. The highest BCUT2D eigenvalue weighted by atomic mass is 32.2. The number of halogens is 1. The maximum absolute atomic E-state index is 14.1. The normalized spacial score (nSPS) is 14.5. The van der Waals surface area contributed by atoms with Crippen molar-refractivity contribution in [1.82, 2.24) is 20.2 Å². The summed E-state index contributed by atoms with van der Waals surface area (Å²) < 4.78 is 19.5. The van der Waals surface area contributed by atoms with Crippen molar-refractivity contribution >= 4 is 40.8 Å². The van der Waals surface area contributed by atoms with Crippen LogP contribution in [0.2, 0.25) is 0 Å². The molecule has 1 aliphatic heterocycles. The number of carbonyl (C=O) groups excluding carboxylic acids is 1. The third kappa shape index (κ3) is 6.77. The third-order valence-corrected chi connectivity index (χ3v) is 7.78. The van der Waals surface area contributed by atoms with E-state index in [1.54, 1.807) is 13.0 Å². The fraction of sp³-hybridized carbons (Fsp3) is 0.310. The average Bonchev–Trinajstić information content (AvgIpc) is 3.38. The number of methoxy groups -OCH3 is 1. The fourth-order valence-corrected chi connectivity index (χ4v) is 5.45. The van der Waals surface area contributed by atoms with Gasteiger partial charge in [0.05, 0.1) is 18.4 Å². The van der Waals surface area contributed by atoms with Crippen molar-refractivity contribution < 1.29 is 19.0 Å². The number of hydrogen-bond acceptors (Lipinski definition) is 9. The molecule has 3 heterocycles. The summed E-state index contributed by atoms with van der Waals surface area (Å²) in [6.07, 6.45) is 1.14. The summed E-state index contributed by atoms with van der Waals surface area (Å²) in [5.74, 6) is 1.98. The maximum atomic E-state index is 14.1. The number of aliphatic hydroxyl groups is 1. The lowest BCUT2D eigenvalue weighted by Crippen LogP contribution is -2.43. The van der Waals surface area contributed by atoms with Crippen LogP contribution in [0.4, 0.5) is 27.5 Å². The minimum absolute atomic E-state index is 0.0459. The van der Waals surface area contributed by atoms with Gasteiger partial charge < -0.3 is 25.4 Å². The Bertz CT molecular complexity index is 1520. The Balaban J connectivity index is 1.38. The van der Waals surface area contributed by atoms with Crippen molar-refractivity contribution in [3.63, 3.8) is 0 Å². The van der Waals surface area contributed by atoms with E-state index in [0.29, 0.717) is 66.3 Å². The van der Waals surface area contributed by atoms with E-state index in [4.69, 9.17) is 14.7 Å². The summed E-state index contributed by atoms with van der Waals surface area (Å²) in [6, 6.07) is 15.5. The minimum atomic E-state index is -1.22. The second kappa shape index (κ2) is 12.1. The smallest absolute Gasteiger partial charge is 0.224 e. The lowest BCUT2D eigenvalue weighted by molar-refractivity contribution is -0.115. The van der Waals surface area contributed by atoms with E-state index in [0.717, 1.165) is 16.3 Å². The van der Waals surface area contributed by atoms with E-state index in [9.17, 15) is 14.3 Å².